The van der Waals surface area contributed by atoms with E-state index in [4.69, 9.17) is 9.97 Å². The SMILES string of the molecule is CCSc1nnc(Sc2nc(-c3cccnc3)nc3scc(-c4ccccc4)c23)s1. The number of thiophene rings is 1. The molecule has 0 atom stereocenters. The summed E-state index contributed by atoms with van der Waals surface area (Å²) in [6.45, 7) is 2.12. The highest BCUT2D eigenvalue weighted by molar-refractivity contribution is 8.03. The predicted octanol–water partition coefficient (Wildman–Crippen LogP) is 6.54. The van der Waals surface area contributed by atoms with Crippen LogP contribution in [-0.2, 0) is 0 Å². The van der Waals surface area contributed by atoms with E-state index < -0.39 is 0 Å². The first-order chi connectivity index (χ1) is 14.8. The molecule has 148 valence electrons. The highest BCUT2D eigenvalue weighted by atomic mass is 32.2. The van der Waals surface area contributed by atoms with E-state index in [1.54, 1.807) is 58.6 Å². The van der Waals surface area contributed by atoms with Gasteiger partial charge in [-0.1, -0.05) is 60.4 Å². The first kappa shape index (κ1) is 19.6. The largest absolute Gasteiger partial charge is 0.264 e. The van der Waals surface area contributed by atoms with E-state index in [1.807, 2.05) is 18.2 Å². The third-order valence-corrected chi connectivity index (χ3v) is 8.10. The Hall–Kier alpha value is -2.33. The second kappa shape index (κ2) is 8.81. The maximum atomic E-state index is 4.93. The molecule has 0 N–H and O–H groups in total. The minimum atomic E-state index is 0.673. The van der Waals surface area contributed by atoms with Crippen molar-refractivity contribution in [1.29, 1.82) is 0 Å². The summed E-state index contributed by atoms with van der Waals surface area (Å²) >= 11 is 6.49. The maximum Gasteiger partial charge on any atom is 0.181 e. The molecule has 0 aliphatic carbocycles. The minimum absolute atomic E-state index is 0.673. The number of pyridine rings is 1. The molecule has 0 aliphatic heterocycles. The number of benzene rings is 1. The van der Waals surface area contributed by atoms with Crippen molar-refractivity contribution in [1.82, 2.24) is 25.1 Å². The number of hydrogen-bond acceptors (Lipinski definition) is 9. The van der Waals surface area contributed by atoms with E-state index >= 15 is 0 Å². The van der Waals surface area contributed by atoms with Crippen molar-refractivity contribution in [2.45, 2.75) is 20.6 Å². The lowest BCUT2D eigenvalue weighted by Crippen LogP contribution is -1.93. The third kappa shape index (κ3) is 3.98. The van der Waals surface area contributed by atoms with Crippen LogP contribution in [0.1, 0.15) is 6.92 Å². The summed E-state index contributed by atoms with van der Waals surface area (Å²) in [5.74, 6) is 1.65. The Bertz CT molecular complexity index is 1290. The van der Waals surface area contributed by atoms with Gasteiger partial charge in [-0.3, -0.25) is 4.98 Å². The molecule has 5 aromatic rings. The third-order valence-electron chi connectivity index (χ3n) is 4.24. The van der Waals surface area contributed by atoms with E-state index in [-0.39, 0.29) is 0 Å². The van der Waals surface area contributed by atoms with Gasteiger partial charge in [-0.2, -0.15) is 0 Å². The highest BCUT2D eigenvalue weighted by Gasteiger charge is 2.19. The summed E-state index contributed by atoms with van der Waals surface area (Å²) < 4.78 is 1.86. The molecule has 0 unspecified atom stereocenters. The van der Waals surface area contributed by atoms with Crippen LogP contribution in [-0.4, -0.2) is 30.9 Å². The van der Waals surface area contributed by atoms with Crippen LogP contribution >= 0.6 is 46.2 Å². The second-order valence-corrected chi connectivity index (χ2v) is 10.7. The zero-order chi connectivity index (χ0) is 20.3. The standard InChI is InChI=1S/C21H15N5S4/c1-2-27-20-25-26-21(30-20)29-19-16-15(13-7-4-3-5-8-13)12-28-18(16)23-17(24-19)14-9-6-10-22-11-14/h3-12H,2H2,1H3. The van der Waals surface area contributed by atoms with Crippen LogP contribution in [0.4, 0.5) is 0 Å². The van der Waals surface area contributed by atoms with Crippen molar-refractivity contribution in [3.63, 3.8) is 0 Å². The predicted molar refractivity (Wildman–Crippen MR) is 127 cm³/mol. The maximum absolute atomic E-state index is 4.93. The van der Waals surface area contributed by atoms with Crippen molar-refractivity contribution in [2.24, 2.45) is 0 Å². The fourth-order valence-corrected chi connectivity index (χ4v) is 6.92. The zero-order valence-electron chi connectivity index (χ0n) is 15.8. The molecule has 0 spiro atoms. The van der Waals surface area contributed by atoms with Crippen LogP contribution < -0.4 is 0 Å². The average molecular weight is 466 g/mol. The van der Waals surface area contributed by atoms with Crippen molar-refractivity contribution < 1.29 is 0 Å². The topological polar surface area (TPSA) is 64.5 Å². The van der Waals surface area contributed by atoms with Gasteiger partial charge in [0.15, 0.2) is 14.5 Å². The summed E-state index contributed by atoms with van der Waals surface area (Å²) in [4.78, 5) is 15.0. The fraction of sp³-hybridized carbons (Fsp3) is 0.0952. The van der Waals surface area contributed by atoms with Gasteiger partial charge in [-0.15, -0.1) is 21.5 Å². The van der Waals surface area contributed by atoms with Crippen molar-refractivity contribution in [3.05, 3.63) is 60.2 Å². The number of thioether (sulfide) groups is 1. The molecule has 0 bridgehead atoms. The number of nitrogens with zero attached hydrogens (tertiary/aromatic N) is 5. The second-order valence-electron chi connectivity index (χ2n) is 6.16. The Kier molecular flexibility index (Phi) is 5.76. The molecule has 30 heavy (non-hydrogen) atoms. The van der Waals surface area contributed by atoms with Gasteiger partial charge in [0.2, 0.25) is 0 Å². The van der Waals surface area contributed by atoms with E-state index in [2.05, 4.69) is 51.8 Å². The molecule has 4 heterocycles. The summed E-state index contributed by atoms with van der Waals surface area (Å²) in [5, 5.41) is 12.8. The van der Waals surface area contributed by atoms with Crippen molar-refractivity contribution in [2.75, 3.05) is 5.75 Å². The Morgan fingerprint density at radius 3 is 2.57 bits per heavy atom. The molecule has 0 saturated heterocycles. The van der Waals surface area contributed by atoms with E-state index in [0.29, 0.717) is 5.82 Å². The molecule has 0 amide bonds. The van der Waals surface area contributed by atoms with Gasteiger partial charge < -0.3 is 0 Å². The Morgan fingerprint density at radius 1 is 0.933 bits per heavy atom. The Balaban J connectivity index is 1.66. The molecule has 5 nitrogen and oxygen atoms in total. The summed E-state index contributed by atoms with van der Waals surface area (Å²) in [5.41, 5.74) is 3.20. The van der Waals surface area contributed by atoms with Crippen LogP contribution in [0, 0.1) is 0 Å². The molecule has 1 aromatic carbocycles. The number of hydrogen-bond donors (Lipinski definition) is 0. The number of fused-ring (bicyclic) bond motifs is 1. The first-order valence-electron chi connectivity index (χ1n) is 9.21. The molecule has 0 fully saturated rings. The fourth-order valence-electron chi connectivity index (χ4n) is 2.94. The molecule has 4 aromatic heterocycles. The van der Waals surface area contributed by atoms with Gasteiger partial charge in [-0.05, 0) is 35.2 Å². The van der Waals surface area contributed by atoms with Gasteiger partial charge in [0.05, 0.1) is 5.39 Å². The molecule has 0 radical (unpaired) electrons. The van der Waals surface area contributed by atoms with Crippen LogP contribution in [0.5, 0.6) is 0 Å². The van der Waals surface area contributed by atoms with Gasteiger partial charge in [0.1, 0.15) is 9.86 Å². The average Bonchev–Trinajstić information content (AvgIpc) is 3.42. The smallest absolute Gasteiger partial charge is 0.181 e. The highest BCUT2D eigenvalue weighted by Crippen LogP contribution is 2.42. The molecule has 9 heteroatoms. The van der Waals surface area contributed by atoms with Crippen LogP contribution in [0.2, 0.25) is 0 Å². The van der Waals surface area contributed by atoms with Gasteiger partial charge in [0, 0.05) is 28.9 Å². The van der Waals surface area contributed by atoms with E-state index in [1.165, 1.54) is 0 Å². The van der Waals surface area contributed by atoms with Gasteiger partial charge >= 0.3 is 0 Å². The van der Waals surface area contributed by atoms with Crippen molar-refractivity contribution >= 4 is 56.4 Å². The Morgan fingerprint density at radius 2 is 1.77 bits per heavy atom. The van der Waals surface area contributed by atoms with Gasteiger partial charge in [0.25, 0.3) is 0 Å². The lowest BCUT2D eigenvalue weighted by atomic mass is 10.1. The molecule has 0 aliphatic rings. The van der Waals surface area contributed by atoms with Crippen LogP contribution in [0.15, 0.2) is 73.9 Å². The van der Waals surface area contributed by atoms with Crippen LogP contribution in [0.25, 0.3) is 32.7 Å². The van der Waals surface area contributed by atoms with E-state index in [9.17, 15) is 0 Å². The first-order valence-corrected chi connectivity index (χ1v) is 12.7. The monoisotopic (exact) mass is 465 g/mol. The lowest BCUT2D eigenvalue weighted by Gasteiger charge is -2.07. The number of aromatic nitrogens is 5. The minimum Gasteiger partial charge on any atom is -0.264 e. The molecular weight excluding hydrogens is 451 g/mol. The molecular formula is C21H15N5S4. The summed E-state index contributed by atoms with van der Waals surface area (Å²) in [7, 11) is 0. The number of rotatable bonds is 6. The van der Waals surface area contributed by atoms with E-state index in [0.717, 1.165) is 46.4 Å². The lowest BCUT2D eigenvalue weighted by molar-refractivity contribution is 0.953. The van der Waals surface area contributed by atoms with Gasteiger partial charge in [-0.25, -0.2) is 9.97 Å². The summed E-state index contributed by atoms with van der Waals surface area (Å²) in [6, 6.07) is 14.2. The molecule has 0 saturated carbocycles. The molecule has 5 rings (SSSR count). The zero-order valence-corrected chi connectivity index (χ0v) is 19.1. The quantitative estimate of drug-likeness (QED) is 0.208. The van der Waals surface area contributed by atoms with Crippen molar-refractivity contribution in [3.8, 4) is 22.5 Å². The van der Waals surface area contributed by atoms with Crippen LogP contribution in [0.3, 0.4) is 0 Å². The normalized spacial score (nSPS) is 11.2. The Labute approximate surface area is 190 Å². The summed E-state index contributed by atoms with van der Waals surface area (Å²) in [6.07, 6.45) is 3.55.